The monoisotopic (exact) mass is 296 g/mol. The molecule has 0 saturated heterocycles. The lowest BCUT2D eigenvalue weighted by atomic mass is 10.2. The fourth-order valence-corrected chi connectivity index (χ4v) is 1.42. The Morgan fingerprint density at radius 2 is 1.76 bits per heavy atom. The van der Waals surface area contributed by atoms with E-state index in [0.29, 0.717) is 11.3 Å². The maximum Gasteiger partial charge on any atom is 0.339 e. The molecule has 0 bridgehead atoms. The normalized spacial score (nSPS) is 12.4. The number of hydrogen-bond donors (Lipinski definition) is 1. The maximum atomic E-state index is 11.5. The van der Waals surface area contributed by atoms with Crippen molar-refractivity contribution in [2.75, 3.05) is 13.7 Å². The minimum absolute atomic E-state index is 0.230. The summed E-state index contributed by atoms with van der Waals surface area (Å²) in [5.74, 6) is -0.769. The van der Waals surface area contributed by atoms with E-state index in [4.69, 9.17) is 9.47 Å². The molecule has 0 heterocycles. The van der Waals surface area contributed by atoms with Crippen LogP contribution in [0.15, 0.2) is 24.3 Å². The van der Waals surface area contributed by atoms with Crippen LogP contribution in [0.2, 0.25) is 0 Å². The van der Waals surface area contributed by atoms with Gasteiger partial charge in [-0.1, -0.05) is 0 Å². The molecule has 21 heavy (non-hydrogen) atoms. The summed E-state index contributed by atoms with van der Waals surface area (Å²) < 4.78 is 14.9. The second-order valence-corrected chi connectivity index (χ2v) is 5.38. The number of ether oxygens (including phenoxy) is 3. The highest BCUT2D eigenvalue weighted by molar-refractivity contribution is 5.89. The summed E-state index contributed by atoms with van der Waals surface area (Å²) in [6, 6.07) is 6.16. The van der Waals surface area contributed by atoms with Crippen LogP contribution in [0, 0.1) is 0 Å². The van der Waals surface area contributed by atoms with Crippen molar-refractivity contribution < 1.29 is 28.9 Å². The van der Waals surface area contributed by atoms with E-state index in [1.807, 2.05) is 0 Å². The lowest BCUT2D eigenvalue weighted by Gasteiger charge is -2.21. The molecular weight excluding hydrogens is 276 g/mol. The second-order valence-electron chi connectivity index (χ2n) is 5.38. The molecule has 1 rings (SSSR count). The molecule has 1 N–H and O–H groups in total. The van der Waals surface area contributed by atoms with Gasteiger partial charge in [0.05, 0.1) is 12.7 Å². The minimum atomic E-state index is -1.37. The molecule has 0 aliphatic rings. The zero-order valence-electron chi connectivity index (χ0n) is 12.6. The summed E-state index contributed by atoms with van der Waals surface area (Å²) in [5, 5.41) is 9.65. The standard InChI is InChI=1S/C15H20O6/c1-15(2,3)21-14(18)12(16)9-20-11-7-5-10(6-8-11)13(17)19-4/h5-8,12,16H,9H2,1-4H3. The minimum Gasteiger partial charge on any atom is -0.490 e. The number of benzene rings is 1. The number of rotatable bonds is 5. The molecule has 0 aromatic heterocycles. The van der Waals surface area contributed by atoms with Gasteiger partial charge in [-0.15, -0.1) is 0 Å². The summed E-state index contributed by atoms with van der Waals surface area (Å²) in [6.45, 7) is 4.91. The zero-order chi connectivity index (χ0) is 16.0. The Labute approximate surface area is 123 Å². The number of aliphatic hydroxyl groups is 1. The van der Waals surface area contributed by atoms with Gasteiger partial charge in [-0.2, -0.15) is 0 Å². The molecule has 0 radical (unpaired) electrons. The summed E-state index contributed by atoms with van der Waals surface area (Å²) in [5.41, 5.74) is -0.280. The van der Waals surface area contributed by atoms with Crippen molar-refractivity contribution in [3.05, 3.63) is 29.8 Å². The highest BCUT2D eigenvalue weighted by atomic mass is 16.6. The molecule has 0 aliphatic heterocycles. The fourth-order valence-electron chi connectivity index (χ4n) is 1.42. The van der Waals surface area contributed by atoms with Crippen LogP contribution in [0.3, 0.4) is 0 Å². The zero-order valence-corrected chi connectivity index (χ0v) is 12.6. The summed E-state index contributed by atoms with van der Waals surface area (Å²) in [4.78, 5) is 22.8. The molecule has 6 heteroatoms. The molecule has 1 aromatic carbocycles. The van der Waals surface area contributed by atoms with Gasteiger partial charge in [0.2, 0.25) is 0 Å². The highest BCUT2D eigenvalue weighted by Crippen LogP contribution is 2.14. The van der Waals surface area contributed by atoms with Crippen LogP contribution in [-0.4, -0.2) is 42.5 Å². The van der Waals surface area contributed by atoms with Crippen molar-refractivity contribution in [2.24, 2.45) is 0 Å². The molecule has 116 valence electrons. The van der Waals surface area contributed by atoms with Crippen LogP contribution in [0.25, 0.3) is 0 Å². The van der Waals surface area contributed by atoms with Crippen molar-refractivity contribution >= 4 is 11.9 Å². The first-order valence-corrected chi connectivity index (χ1v) is 6.45. The van der Waals surface area contributed by atoms with Crippen molar-refractivity contribution in [1.29, 1.82) is 0 Å². The van der Waals surface area contributed by atoms with Gasteiger partial charge in [0.25, 0.3) is 0 Å². The molecule has 0 amide bonds. The van der Waals surface area contributed by atoms with Crippen LogP contribution >= 0.6 is 0 Å². The van der Waals surface area contributed by atoms with Gasteiger partial charge in [-0.3, -0.25) is 0 Å². The molecule has 0 spiro atoms. The topological polar surface area (TPSA) is 82.1 Å². The Hall–Kier alpha value is -2.08. The van der Waals surface area contributed by atoms with Crippen molar-refractivity contribution in [1.82, 2.24) is 0 Å². The molecule has 1 atom stereocenters. The van der Waals surface area contributed by atoms with Gasteiger partial charge in [0.15, 0.2) is 6.10 Å². The molecule has 1 aromatic rings. The van der Waals surface area contributed by atoms with E-state index < -0.39 is 23.6 Å². The lowest BCUT2D eigenvalue weighted by molar-refractivity contribution is -0.166. The van der Waals surface area contributed by atoms with Crippen LogP contribution in [0.1, 0.15) is 31.1 Å². The van der Waals surface area contributed by atoms with Gasteiger partial charge in [-0.25, -0.2) is 9.59 Å². The fraction of sp³-hybridized carbons (Fsp3) is 0.467. The number of methoxy groups -OCH3 is 1. The first-order valence-electron chi connectivity index (χ1n) is 6.45. The van der Waals surface area contributed by atoms with Gasteiger partial charge < -0.3 is 19.3 Å². The van der Waals surface area contributed by atoms with Crippen LogP contribution in [0.4, 0.5) is 0 Å². The van der Waals surface area contributed by atoms with E-state index in [0.717, 1.165) is 0 Å². The Bertz CT molecular complexity index is 486. The SMILES string of the molecule is COC(=O)c1ccc(OCC(O)C(=O)OC(C)(C)C)cc1. The van der Waals surface area contributed by atoms with Crippen LogP contribution < -0.4 is 4.74 Å². The van der Waals surface area contributed by atoms with Crippen molar-refractivity contribution in [3.8, 4) is 5.75 Å². The Balaban J connectivity index is 2.51. The van der Waals surface area contributed by atoms with Gasteiger partial charge in [0, 0.05) is 0 Å². The van der Waals surface area contributed by atoms with Gasteiger partial charge >= 0.3 is 11.9 Å². The average molecular weight is 296 g/mol. The quantitative estimate of drug-likeness (QED) is 0.830. The summed E-state index contributed by atoms with van der Waals surface area (Å²) >= 11 is 0. The predicted molar refractivity (Wildman–Crippen MR) is 75.1 cm³/mol. The molecule has 0 aliphatic carbocycles. The largest absolute Gasteiger partial charge is 0.490 e. The third kappa shape index (κ3) is 5.83. The third-order valence-electron chi connectivity index (χ3n) is 2.36. The summed E-state index contributed by atoms with van der Waals surface area (Å²) in [7, 11) is 1.30. The Morgan fingerprint density at radius 1 is 1.19 bits per heavy atom. The van der Waals surface area contributed by atoms with Crippen LogP contribution in [-0.2, 0) is 14.3 Å². The Morgan fingerprint density at radius 3 is 2.24 bits per heavy atom. The van der Waals surface area contributed by atoms with Gasteiger partial charge in [-0.05, 0) is 45.0 Å². The number of hydrogen-bond acceptors (Lipinski definition) is 6. The number of aliphatic hydroxyl groups excluding tert-OH is 1. The van der Waals surface area contributed by atoms with E-state index in [1.54, 1.807) is 32.9 Å². The van der Waals surface area contributed by atoms with E-state index in [-0.39, 0.29) is 6.61 Å². The first kappa shape index (κ1) is 17.0. The first-order chi connectivity index (χ1) is 9.73. The third-order valence-corrected chi connectivity index (χ3v) is 2.36. The summed E-state index contributed by atoms with van der Waals surface area (Å²) in [6.07, 6.45) is -1.37. The number of carbonyl (C=O) groups is 2. The second kappa shape index (κ2) is 7.08. The van der Waals surface area contributed by atoms with E-state index in [2.05, 4.69) is 4.74 Å². The molecule has 1 unspecified atom stereocenters. The highest BCUT2D eigenvalue weighted by Gasteiger charge is 2.23. The van der Waals surface area contributed by atoms with Gasteiger partial charge in [0.1, 0.15) is 18.0 Å². The van der Waals surface area contributed by atoms with Crippen LogP contribution in [0.5, 0.6) is 5.75 Å². The van der Waals surface area contributed by atoms with Crippen molar-refractivity contribution in [3.63, 3.8) is 0 Å². The predicted octanol–water partition coefficient (Wildman–Crippen LogP) is 1.55. The molecular formula is C15H20O6. The molecule has 6 nitrogen and oxygen atoms in total. The smallest absolute Gasteiger partial charge is 0.339 e. The number of carbonyl (C=O) groups excluding carboxylic acids is 2. The lowest BCUT2D eigenvalue weighted by Crippen LogP contribution is -2.35. The average Bonchev–Trinajstić information content (AvgIpc) is 2.42. The molecule has 0 saturated carbocycles. The maximum absolute atomic E-state index is 11.5. The van der Waals surface area contributed by atoms with E-state index in [9.17, 15) is 14.7 Å². The van der Waals surface area contributed by atoms with Crippen molar-refractivity contribution in [2.45, 2.75) is 32.5 Å². The molecule has 0 fully saturated rings. The Kier molecular flexibility index (Phi) is 5.72. The van der Waals surface area contributed by atoms with E-state index >= 15 is 0 Å². The number of esters is 2. The van der Waals surface area contributed by atoms with E-state index in [1.165, 1.54) is 19.2 Å².